The zero-order valence-corrected chi connectivity index (χ0v) is 13.6. The largest absolute Gasteiger partial charge is 0.371 e. The summed E-state index contributed by atoms with van der Waals surface area (Å²) in [7, 11) is 0. The van der Waals surface area contributed by atoms with Crippen molar-refractivity contribution in [3.05, 3.63) is 23.8 Å². The van der Waals surface area contributed by atoms with Crippen molar-refractivity contribution in [2.75, 3.05) is 23.3 Å². The second-order valence-corrected chi connectivity index (χ2v) is 5.85. The van der Waals surface area contributed by atoms with Crippen LogP contribution in [-0.2, 0) is 16.0 Å². The molecule has 2 N–H and O–H groups in total. The number of fused-ring (bicyclic) bond motifs is 1. The quantitative estimate of drug-likeness (QED) is 0.848. The predicted molar refractivity (Wildman–Crippen MR) is 89.2 cm³/mol. The summed E-state index contributed by atoms with van der Waals surface area (Å²) < 4.78 is 0. The topological polar surface area (TPSA) is 61.4 Å². The number of anilines is 2. The van der Waals surface area contributed by atoms with Gasteiger partial charge in [0.05, 0.1) is 0 Å². The Morgan fingerprint density at radius 1 is 1.36 bits per heavy atom. The maximum absolute atomic E-state index is 12.1. The van der Waals surface area contributed by atoms with E-state index < -0.39 is 6.04 Å². The molecule has 0 aliphatic carbocycles. The third kappa shape index (κ3) is 4.00. The van der Waals surface area contributed by atoms with Crippen LogP contribution in [0.25, 0.3) is 0 Å². The summed E-state index contributed by atoms with van der Waals surface area (Å²) in [6, 6.07) is 5.51. The van der Waals surface area contributed by atoms with Crippen molar-refractivity contribution in [3.63, 3.8) is 0 Å². The molecular weight excluding hydrogens is 278 g/mol. The number of amides is 2. The van der Waals surface area contributed by atoms with Crippen LogP contribution in [-0.4, -0.2) is 30.9 Å². The Balaban J connectivity index is 2.04. The number of hydrogen-bond donors (Lipinski definition) is 2. The number of benzene rings is 1. The molecule has 0 saturated carbocycles. The Kier molecular flexibility index (Phi) is 5.41. The van der Waals surface area contributed by atoms with Crippen LogP contribution in [0.3, 0.4) is 0 Å². The molecule has 1 aromatic carbocycles. The molecular formula is C17H25N3O2. The van der Waals surface area contributed by atoms with E-state index in [1.807, 2.05) is 12.1 Å². The van der Waals surface area contributed by atoms with Crippen LogP contribution in [0.2, 0.25) is 0 Å². The molecule has 1 aliphatic rings. The lowest BCUT2D eigenvalue weighted by atomic mass is 10.1. The van der Waals surface area contributed by atoms with E-state index in [9.17, 15) is 9.59 Å². The Morgan fingerprint density at radius 2 is 2.14 bits per heavy atom. The van der Waals surface area contributed by atoms with Crippen molar-refractivity contribution in [3.8, 4) is 0 Å². The number of carbonyl (C=O) groups is 2. The fraction of sp³-hybridized carbons (Fsp3) is 0.529. The summed E-state index contributed by atoms with van der Waals surface area (Å²) in [5.74, 6) is -0.407. The maximum Gasteiger partial charge on any atom is 0.246 e. The minimum atomic E-state index is -0.540. The van der Waals surface area contributed by atoms with E-state index in [2.05, 4.69) is 28.5 Å². The van der Waals surface area contributed by atoms with Gasteiger partial charge >= 0.3 is 0 Å². The van der Waals surface area contributed by atoms with E-state index in [4.69, 9.17) is 0 Å². The highest BCUT2D eigenvalue weighted by Crippen LogP contribution is 2.31. The molecule has 0 aromatic heterocycles. The van der Waals surface area contributed by atoms with Crippen LogP contribution in [0.15, 0.2) is 18.2 Å². The summed E-state index contributed by atoms with van der Waals surface area (Å²) in [6.07, 6.45) is 3.42. The predicted octanol–water partition coefficient (Wildman–Crippen LogP) is 2.31. The lowest BCUT2D eigenvalue weighted by Gasteiger charge is -2.20. The molecule has 0 bridgehead atoms. The number of nitrogens with one attached hydrogen (secondary N) is 2. The molecule has 1 aromatic rings. The monoisotopic (exact) mass is 303 g/mol. The first kappa shape index (κ1) is 16.3. The Hall–Kier alpha value is -2.04. The summed E-state index contributed by atoms with van der Waals surface area (Å²) >= 11 is 0. The summed E-state index contributed by atoms with van der Waals surface area (Å²) in [4.78, 5) is 25.5. The molecule has 5 heteroatoms. The second-order valence-electron chi connectivity index (χ2n) is 5.85. The molecule has 0 saturated heterocycles. The molecule has 120 valence electrons. The number of carbonyl (C=O) groups excluding carboxylic acids is 2. The van der Waals surface area contributed by atoms with Crippen molar-refractivity contribution in [1.29, 1.82) is 0 Å². The molecule has 0 radical (unpaired) electrons. The minimum Gasteiger partial charge on any atom is -0.371 e. The van der Waals surface area contributed by atoms with Crippen molar-refractivity contribution >= 4 is 23.2 Å². The average molecular weight is 303 g/mol. The van der Waals surface area contributed by atoms with Gasteiger partial charge in [0.25, 0.3) is 0 Å². The van der Waals surface area contributed by atoms with Crippen molar-refractivity contribution in [2.24, 2.45) is 0 Å². The molecule has 0 spiro atoms. The maximum atomic E-state index is 12.1. The Labute approximate surface area is 132 Å². The summed E-state index contributed by atoms with van der Waals surface area (Å²) in [5, 5.41) is 5.46. The van der Waals surface area contributed by atoms with Gasteiger partial charge in [-0.05, 0) is 37.5 Å². The van der Waals surface area contributed by atoms with E-state index >= 15 is 0 Å². The summed E-state index contributed by atoms with van der Waals surface area (Å²) in [6.45, 7) is 7.39. The number of hydrogen-bond acceptors (Lipinski definition) is 3. The van der Waals surface area contributed by atoms with Gasteiger partial charge in [-0.25, -0.2) is 0 Å². The molecule has 2 rings (SSSR count). The van der Waals surface area contributed by atoms with Gasteiger partial charge in [0.2, 0.25) is 11.8 Å². The SMILES string of the molecule is CCCCN1CCc2ccc(NC(=O)[C@H](C)NC(C)=O)cc21. The zero-order valence-electron chi connectivity index (χ0n) is 13.6. The van der Waals surface area contributed by atoms with Crippen LogP contribution in [0.1, 0.15) is 39.2 Å². The standard InChI is InChI=1S/C17H25N3O2/c1-4-5-9-20-10-8-14-6-7-15(11-16(14)20)19-17(22)12(2)18-13(3)21/h6-7,11-12H,4-5,8-10H2,1-3H3,(H,18,21)(H,19,22)/t12-/m0/s1. The van der Waals surface area contributed by atoms with Crippen molar-refractivity contribution in [2.45, 2.75) is 46.1 Å². The molecule has 0 unspecified atom stereocenters. The van der Waals surface area contributed by atoms with Gasteiger partial charge in [-0.1, -0.05) is 19.4 Å². The van der Waals surface area contributed by atoms with E-state index in [0.717, 1.165) is 25.2 Å². The second kappa shape index (κ2) is 7.29. The third-order valence-electron chi connectivity index (χ3n) is 3.94. The van der Waals surface area contributed by atoms with Crippen LogP contribution in [0.5, 0.6) is 0 Å². The third-order valence-corrected chi connectivity index (χ3v) is 3.94. The van der Waals surface area contributed by atoms with Gasteiger partial charge in [0, 0.05) is 31.4 Å². The van der Waals surface area contributed by atoms with Crippen molar-refractivity contribution < 1.29 is 9.59 Å². The average Bonchev–Trinajstić information content (AvgIpc) is 2.86. The molecule has 1 atom stereocenters. The number of nitrogens with zero attached hydrogens (tertiary/aromatic N) is 1. The zero-order chi connectivity index (χ0) is 16.1. The minimum absolute atomic E-state index is 0.201. The fourth-order valence-electron chi connectivity index (χ4n) is 2.73. The summed E-state index contributed by atoms with van der Waals surface area (Å²) in [5.41, 5.74) is 3.34. The smallest absolute Gasteiger partial charge is 0.246 e. The first-order chi connectivity index (χ1) is 10.5. The van der Waals surface area contributed by atoms with Crippen LogP contribution in [0, 0.1) is 0 Å². The first-order valence-corrected chi connectivity index (χ1v) is 7.97. The van der Waals surface area contributed by atoms with Gasteiger partial charge in [-0.15, -0.1) is 0 Å². The lowest BCUT2D eigenvalue weighted by molar-refractivity contribution is -0.124. The highest BCUT2D eigenvalue weighted by molar-refractivity contribution is 5.97. The molecule has 0 fully saturated rings. The van der Waals surface area contributed by atoms with Crippen LogP contribution in [0.4, 0.5) is 11.4 Å². The van der Waals surface area contributed by atoms with Gasteiger partial charge in [-0.3, -0.25) is 9.59 Å². The number of unbranched alkanes of at least 4 members (excludes halogenated alkanes) is 1. The van der Waals surface area contributed by atoms with E-state index in [-0.39, 0.29) is 11.8 Å². The fourth-order valence-corrected chi connectivity index (χ4v) is 2.73. The number of rotatable bonds is 6. The molecule has 22 heavy (non-hydrogen) atoms. The molecule has 2 amide bonds. The first-order valence-electron chi connectivity index (χ1n) is 7.97. The highest BCUT2D eigenvalue weighted by Gasteiger charge is 2.20. The lowest BCUT2D eigenvalue weighted by Crippen LogP contribution is -2.40. The van der Waals surface area contributed by atoms with Gasteiger partial charge in [-0.2, -0.15) is 0 Å². The van der Waals surface area contributed by atoms with Crippen LogP contribution < -0.4 is 15.5 Å². The Bertz CT molecular complexity index is 557. The van der Waals surface area contributed by atoms with Crippen LogP contribution >= 0.6 is 0 Å². The van der Waals surface area contributed by atoms with E-state index in [1.54, 1.807) is 6.92 Å². The van der Waals surface area contributed by atoms with Gasteiger partial charge < -0.3 is 15.5 Å². The normalized spacial score (nSPS) is 14.4. The molecule has 1 aliphatic heterocycles. The molecule has 5 nitrogen and oxygen atoms in total. The Morgan fingerprint density at radius 3 is 2.82 bits per heavy atom. The van der Waals surface area contributed by atoms with E-state index in [0.29, 0.717) is 0 Å². The van der Waals surface area contributed by atoms with Crippen molar-refractivity contribution in [1.82, 2.24) is 5.32 Å². The van der Waals surface area contributed by atoms with Gasteiger partial charge in [0.1, 0.15) is 6.04 Å². The van der Waals surface area contributed by atoms with E-state index in [1.165, 1.54) is 31.0 Å². The van der Waals surface area contributed by atoms with Gasteiger partial charge in [0.15, 0.2) is 0 Å². The highest BCUT2D eigenvalue weighted by atomic mass is 16.2. The molecule has 1 heterocycles.